The molecular formula is C14H17F3N2O4S. The maximum atomic E-state index is 12.8. The number of anilines is 1. The highest BCUT2D eigenvalue weighted by molar-refractivity contribution is 7.92. The second kappa shape index (κ2) is 7.67. The molecule has 0 unspecified atom stereocenters. The van der Waals surface area contributed by atoms with E-state index in [1.54, 1.807) is 0 Å². The molecule has 0 saturated carbocycles. The summed E-state index contributed by atoms with van der Waals surface area (Å²) >= 11 is 0. The van der Waals surface area contributed by atoms with E-state index in [-0.39, 0.29) is 24.4 Å². The average molecular weight is 366 g/mol. The number of amides is 1. The highest BCUT2D eigenvalue weighted by Crippen LogP contribution is 2.32. The Morgan fingerprint density at radius 1 is 1.33 bits per heavy atom. The van der Waals surface area contributed by atoms with Crippen LogP contribution in [0, 0.1) is 0 Å². The Balaban J connectivity index is 3.19. The number of hydrogen-bond donors (Lipinski definition) is 2. The van der Waals surface area contributed by atoms with Gasteiger partial charge in [0.15, 0.2) is 0 Å². The van der Waals surface area contributed by atoms with E-state index < -0.39 is 33.2 Å². The van der Waals surface area contributed by atoms with Crippen LogP contribution in [-0.2, 0) is 20.9 Å². The van der Waals surface area contributed by atoms with E-state index in [9.17, 15) is 26.4 Å². The summed E-state index contributed by atoms with van der Waals surface area (Å²) in [6, 6.07) is 2.15. The van der Waals surface area contributed by atoms with E-state index in [0.717, 1.165) is 12.3 Å². The molecule has 0 heterocycles. The summed E-state index contributed by atoms with van der Waals surface area (Å²) in [5, 5.41) is 2.32. The van der Waals surface area contributed by atoms with Crippen molar-refractivity contribution >= 4 is 21.6 Å². The molecule has 0 spiro atoms. The molecular weight excluding hydrogens is 349 g/mol. The van der Waals surface area contributed by atoms with Gasteiger partial charge < -0.3 is 10.1 Å². The van der Waals surface area contributed by atoms with Crippen LogP contribution in [0.3, 0.4) is 0 Å². The quantitative estimate of drug-likeness (QED) is 0.776. The molecule has 24 heavy (non-hydrogen) atoms. The zero-order valence-electron chi connectivity index (χ0n) is 13.0. The largest absolute Gasteiger partial charge is 0.416 e. The molecule has 1 rings (SSSR count). The molecule has 0 radical (unpaired) electrons. The molecule has 1 aromatic rings. The summed E-state index contributed by atoms with van der Waals surface area (Å²) in [5.41, 5.74) is -1.57. The molecule has 134 valence electrons. The number of nitrogens with one attached hydrogen (secondary N) is 2. The zero-order chi connectivity index (χ0) is 18.5. The predicted molar refractivity (Wildman–Crippen MR) is 83.0 cm³/mol. The number of hydrogen-bond acceptors (Lipinski definition) is 4. The van der Waals surface area contributed by atoms with E-state index in [1.807, 2.05) is 4.72 Å². The molecule has 10 heteroatoms. The Morgan fingerprint density at radius 3 is 2.46 bits per heavy atom. The summed E-state index contributed by atoms with van der Waals surface area (Å²) in [5.74, 6) is -0.909. The van der Waals surface area contributed by atoms with Gasteiger partial charge >= 0.3 is 6.18 Å². The van der Waals surface area contributed by atoms with Gasteiger partial charge in [0, 0.05) is 19.2 Å². The van der Waals surface area contributed by atoms with Gasteiger partial charge in [0.1, 0.15) is 0 Å². The Kier molecular flexibility index (Phi) is 6.38. The van der Waals surface area contributed by atoms with Crippen molar-refractivity contribution in [3.8, 4) is 0 Å². The highest BCUT2D eigenvalue weighted by atomic mass is 32.2. The normalized spacial score (nSPS) is 11.9. The van der Waals surface area contributed by atoms with Crippen molar-refractivity contribution in [3.05, 3.63) is 41.6 Å². The smallest absolute Gasteiger partial charge is 0.384 e. The summed E-state index contributed by atoms with van der Waals surface area (Å²) < 4.78 is 67.9. The van der Waals surface area contributed by atoms with Crippen LogP contribution in [0.4, 0.5) is 18.9 Å². The molecule has 0 bridgehead atoms. The van der Waals surface area contributed by atoms with Crippen molar-refractivity contribution in [1.29, 1.82) is 0 Å². The molecule has 0 aliphatic carbocycles. The summed E-state index contributed by atoms with van der Waals surface area (Å²) in [7, 11) is -2.34. The van der Waals surface area contributed by atoms with Gasteiger partial charge in [-0.3, -0.25) is 9.52 Å². The van der Waals surface area contributed by atoms with Crippen molar-refractivity contribution in [2.45, 2.75) is 12.6 Å². The SMILES string of the molecule is C=C(CCOC)NC(=O)c1cc(C(F)(F)F)ccc1NS(C)(=O)=O. The van der Waals surface area contributed by atoms with Crippen LogP contribution in [0.1, 0.15) is 22.3 Å². The fraction of sp³-hybridized carbons (Fsp3) is 0.357. The van der Waals surface area contributed by atoms with Crippen LogP contribution < -0.4 is 10.0 Å². The lowest BCUT2D eigenvalue weighted by Gasteiger charge is -2.15. The van der Waals surface area contributed by atoms with E-state index in [1.165, 1.54) is 7.11 Å². The maximum Gasteiger partial charge on any atom is 0.416 e. The molecule has 6 nitrogen and oxygen atoms in total. The van der Waals surface area contributed by atoms with Crippen LogP contribution in [0.15, 0.2) is 30.5 Å². The van der Waals surface area contributed by atoms with Crippen molar-refractivity contribution in [1.82, 2.24) is 5.32 Å². The first-order valence-electron chi connectivity index (χ1n) is 6.61. The zero-order valence-corrected chi connectivity index (χ0v) is 13.8. The molecule has 0 saturated heterocycles. The summed E-state index contributed by atoms with van der Waals surface area (Å²) in [6.45, 7) is 3.82. The minimum absolute atomic E-state index is 0.226. The van der Waals surface area contributed by atoms with Crippen molar-refractivity contribution < 1.29 is 31.1 Å². The monoisotopic (exact) mass is 366 g/mol. The Labute approximate surface area is 137 Å². The Hall–Kier alpha value is -2.07. The van der Waals surface area contributed by atoms with E-state index in [2.05, 4.69) is 11.9 Å². The topological polar surface area (TPSA) is 84.5 Å². The Bertz CT molecular complexity index is 730. The van der Waals surface area contributed by atoms with Crippen LogP contribution >= 0.6 is 0 Å². The standard InChI is InChI=1S/C14H17F3N2O4S/c1-9(6-7-23-2)18-13(20)11-8-10(14(15,16)17)4-5-12(11)19-24(3,21)22/h4-5,8,19H,1,6-7H2,2-3H3,(H,18,20). The van der Waals surface area contributed by atoms with Crippen LogP contribution in [0.5, 0.6) is 0 Å². The minimum Gasteiger partial charge on any atom is -0.384 e. The molecule has 0 aliphatic rings. The van der Waals surface area contributed by atoms with Crippen molar-refractivity contribution in [2.75, 3.05) is 24.7 Å². The number of methoxy groups -OCH3 is 1. The van der Waals surface area contributed by atoms with Gasteiger partial charge in [-0.25, -0.2) is 8.42 Å². The van der Waals surface area contributed by atoms with Crippen molar-refractivity contribution in [2.24, 2.45) is 0 Å². The van der Waals surface area contributed by atoms with Crippen molar-refractivity contribution in [3.63, 3.8) is 0 Å². The lowest BCUT2D eigenvalue weighted by Crippen LogP contribution is -2.25. The number of ether oxygens (including phenoxy) is 1. The van der Waals surface area contributed by atoms with Gasteiger partial charge in [0.2, 0.25) is 10.0 Å². The first-order valence-corrected chi connectivity index (χ1v) is 8.50. The number of carbonyl (C=O) groups is 1. The molecule has 0 aromatic heterocycles. The van der Waals surface area contributed by atoms with Gasteiger partial charge in [-0.2, -0.15) is 13.2 Å². The van der Waals surface area contributed by atoms with Crippen LogP contribution in [-0.4, -0.2) is 34.3 Å². The number of alkyl halides is 3. The number of rotatable bonds is 7. The van der Waals surface area contributed by atoms with E-state index in [4.69, 9.17) is 4.74 Å². The third-order valence-corrected chi connectivity index (χ3v) is 3.38. The third-order valence-electron chi connectivity index (χ3n) is 2.79. The second-order valence-corrected chi connectivity index (χ2v) is 6.68. The average Bonchev–Trinajstić information content (AvgIpc) is 2.42. The summed E-state index contributed by atoms with van der Waals surface area (Å²) in [6.07, 6.45) is -3.59. The number of sulfonamides is 1. The van der Waals surface area contributed by atoms with E-state index >= 15 is 0 Å². The number of benzene rings is 1. The lowest BCUT2D eigenvalue weighted by atomic mass is 10.1. The molecule has 1 amide bonds. The third kappa shape index (κ3) is 6.20. The highest BCUT2D eigenvalue weighted by Gasteiger charge is 2.32. The molecule has 0 aliphatic heterocycles. The predicted octanol–water partition coefficient (Wildman–Crippen LogP) is 2.36. The van der Waals surface area contributed by atoms with Crippen LogP contribution in [0.2, 0.25) is 0 Å². The maximum absolute atomic E-state index is 12.8. The van der Waals surface area contributed by atoms with Gasteiger partial charge in [0.05, 0.1) is 29.7 Å². The number of carbonyl (C=O) groups excluding carboxylic acids is 1. The number of halogens is 3. The fourth-order valence-electron chi connectivity index (χ4n) is 1.71. The summed E-state index contributed by atoms with van der Waals surface area (Å²) in [4.78, 5) is 12.2. The fourth-order valence-corrected chi connectivity index (χ4v) is 2.29. The van der Waals surface area contributed by atoms with Gasteiger partial charge in [-0.05, 0) is 18.2 Å². The molecule has 2 N–H and O–H groups in total. The van der Waals surface area contributed by atoms with Gasteiger partial charge in [0.25, 0.3) is 5.91 Å². The Morgan fingerprint density at radius 2 is 1.96 bits per heavy atom. The first kappa shape index (κ1) is 20.0. The van der Waals surface area contributed by atoms with Gasteiger partial charge in [-0.15, -0.1) is 0 Å². The molecule has 1 aromatic carbocycles. The lowest BCUT2D eigenvalue weighted by molar-refractivity contribution is -0.137. The second-order valence-electron chi connectivity index (χ2n) is 4.93. The first-order chi connectivity index (χ1) is 10.9. The van der Waals surface area contributed by atoms with E-state index in [0.29, 0.717) is 12.1 Å². The van der Waals surface area contributed by atoms with Crippen LogP contribution in [0.25, 0.3) is 0 Å². The molecule has 0 atom stereocenters. The molecule has 0 fully saturated rings. The van der Waals surface area contributed by atoms with Gasteiger partial charge in [-0.1, -0.05) is 6.58 Å². The minimum atomic E-state index is -4.67.